The molecular weight excluding hydrogens is 366 g/mol. The van der Waals surface area contributed by atoms with Crippen LogP contribution < -0.4 is 10.2 Å². The van der Waals surface area contributed by atoms with Crippen molar-refractivity contribution in [1.82, 2.24) is 10.2 Å². The number of carbonyl (C=O) groups is 2. The summed E-state index contributed by atoms with van der Waals surface area (Å²) < 4.78 is 5.45. The molecule has 29 heavy (non-hydrogen) atoms. The van der Waals surface area contributed by atoms with E-state index in [2.05, 4.69) is 22.3 Å². The molecule has 0 atom stereocenters. The van der Waals surface area contributed by atoms with Crippen molar-refractivity contribution in [3.05, 3.63) is 65.2 Å². The molecule has 6 heteroatoms. The number of amides is 2. The van der Waals surface area contributed by atoms with E-state index in [0.717, 1.165) is 56.1 Å². The second-order valence-electron chi connectivity index (χ2n) is 7.53. The van der Waals surface area contributed by atoms with E-state index >= 15 is 0 Å². The number of rotatable bonds is 6. The number of ether oxygens (including phenoxy) is 1. The third kappa shape index (κ3) is 4.77. The minimum Gasteiger partial charge on any atom is -0.378 e. The normalized spacial score (nSPS) is 16.9. The van der Waals surface area contributed by atoms with Crippen LogP contribution in [0.15, 0.2) is 48.5 Å². The molecule has 2 fully saturated rings. The molecular formula is C23H27N3O3. The summed E-state index contributed by atoms with van der Waals surface area (Å²) in [6, 6.07) is 15.7. The molecule has 6 nitrogen and oxygen atoms in total. The molecule has 2 aromatic rings. The Morgan fingerprint density at radius 1 is 1.03 bits per heavy atom. The van der Waals surface area contributed by atoms with E-state index < -0.39 is 0 Å². The van der Waals surface area contributed by atoms with Gasteiger partial charge in [-0.05, 0) is 35.7 Å². The number of likely N-dealkylation sites (tertiary alicyclic amines) is 1. The van der Waals surface area contributed by atoms with E-state index in [0.29, 0.717) is 25.1 Å². The topological polar surface area (TPSA) is 61.9 Å². The van der Waals surface area contributed by atoms with Crippen LogP contribution in [0, 0.1) is 0 Å². The Morgan fingerprint density at radius 2 is 1.86 bits per heavy atom. The van der Waals surface area contributed by atoms with Crippen LogP contribution in [-0.4, -0.2) is 49.6 Å². The van der Waals surface area contributed by atoms with E-state index in [4.69, 9.17) is 4.74 Å². The van der Waals surface area contributed by atoms with E-state index in [1.165, 1.54) is 0 Å². The maximum atomic E-state index is 12.7. The first-order chi connectivity index (χ1) is 14.2. The molecule has 2 aliphatic rings. The number of morpholine rings is 1. The monoisotopic (exact) mass is 393 g/mol. The van der Waals surface area contributed by atoms with Gasteiger partial charge in [-0.15, -0.1) is 0 Å². The summed E-state index contributed by atoms with van der Waals surface area (Å²) in [5.41, 5.74) is 3.86. The fraction of sp³-hybridized carbons (Fsp3) is 0.391. The molecule has 0 saturated carbocycles. The van der Waals surface area contributed by atoms with Gasteiger partial charge in [-0.3, -0.25) is 9.59 Å². The lowest BCUT2D eigenvalue weighted by Gasteiger charge is -2.30. The van der Waals surface area contributed by atoms with Crippen LogP contribution in [-0.2, 0) is 22.6 Å². The van der Waals surface area contributed by atoms with Crippen LogP contribution in [0.4, 0.5) is 5.69 Å². The van der Waals surface area contributed by atoms with Crippen molar-refractivity contribution in [3.63, 3.8) is 0 Å². The Balaban J connectivity index is 1.40. The Hall–Kier alpha value is -2.86. The van der Waals surface area contributed by atoms with Crippen molar-refractivity contribution in [1.29, 1.82) is 0 Å². The molecule has 2 aliphatic heterocycles. The SMILES string of the molecule is O=C(NCc1ccccc1N1CCOCC1)c1cccc(CN2CCCC2=O)c1. The first kappa shape index (κ1) is 19.5. The predicted octanol–water partition coefficient (Wildman–Crippen LogP) is 2.58. The summed E-state index contributed by atoms with van der Waals surface area (Å²) in [6.07, 6.45) is 1.55. The quantitative estimate of drug-likeness (QED) is 0.820. The molecule has 0 aliphatic carbocycles. The van der Waals surface area contributed by atoms with Gasteiger partial charge < -0.3 is 19.9 Å². The molecule has 2 aromatic carbocycles. The zero-order valence-corrected chi connectivity index (χ0v) is 16.6. The van der Waals surface area contributed by atoms with Crippen LogP contribution in [0.3, 0.4) is 0 Å². The van der Waals surface area contributed by atoms with Crippen molar-refractivity contribution < 1.29 is 14.3 Å². The highest BCUT2D eigenvalue weighted by Gasteiger charge is 2.20. The first-order valence-electron chi connectivity index (χ1n) is 10.3. The van der Waals surface area contributed by atoms with Crippen LogP contribution >= 0.6 is 0 Å². The van der Waals surface area contributed by atoms with Crippen molar-refractivity contribution in [2.45, 2.75) is 25.9 Å². The van der Waals surface area contributed by atoms with E-state index in [9.17, 15) is 9.59 Å². The summed E-state index contributed by atoms with van der Waals surface area (Å²) >= 11 is 0. The number of benzene rings is 2. The lowest BCUT2D eigenvalue weighted by atomic mass is 10.1. The Morgan fingerprint density at radius 3 is 2.66 bits per heavy atom. The van der Waals surface area contributed by atoms with Gasteiger partial charge in [0.05, 0.1) is 13.2 Å². The maximum Gasteiger partial charge on any atom is 0.251 e. The Bertz CT molecular complexity index is 877. The van der Waals surface area contributed by atoms with Gasteiger partial charge in [0.2, 0.25) is 5.91 Å². The van der Waals surface area contributed by atoms with Gasteiger partial charge in [0.15, 0.2) is 0 Å². The number of carbonyl (C=O) groups excluding carboxylic acids is 2. The third-order valence-corrected chi connectivity index (χ3v) is 5.52. The molecule has 0 spiro atoms. The standard InChI is InChI=1S/C23H27N3O3/c27-22-9-4-10-26(22)17-18-5-3-7-19(15-18)23(28)24-16-20-6-1-2-8-21(20)25-11-13-29-14-12-25/h1-3,5-8,15H,4,9-14,16-17H2,(H,24,28). The number of nitrogens with zero attached hydrogens (tertiary/aromatic N) is 2. The van der Waals surface area contributed by atoms with Gasteiger partial charge in [-0.25, -0.2) is 0 Å². The summed E-state index contributed by atoms with van der Waals surface area (Å²) in [6.45, 7) is 5.03. The molecule has 2 saturated heterocycles. The molecule has 1 N–H and O–H groups in total. The van der Waals surface area contributed by atoms with Crippen molar-refractivity contribution in [2.75, 3.05) is 37.7 Å². The first-order valence-corrected chi connectivity index (χ1v) is 10.3. The van der Waals surface area contributed by atoms with E-state index in [1.807, 2.05) is 41.3 Å². The number of hydrogen-bond donors (Lipinski definition) is 1. The summed E-state index contributed by atoms with van der Waals surface area (Å²) in [7, 11) is 0. The van der Waals surface area contributed by atoms with Crippen molar-refractivity contribution in [2.24, 2.45) is 0 Å². The number of anilines is 1. The van der Waals surface area contributed by atoms with Crippen LogP contribution in [0.1, 0.15) is 34.3 Å². The van der Waals surface area contributed by atoms with Gasteiger partial charge in [0.1, 0.15) is 0 Å². The lowest BCUT2D eigenvalue weighted by molar-refractivity contribution is -0.128. The fourth-order valence-electron chi connectivity index (χ4n) is 3.95. The van der Waals surface area contributed by atoms with E-state index in [-0.39, 0.29) is 11.8 Å². The highest BCUT2D eigenvalue weighted by Crippen LogP contribution is 2.21. The Labute approximate surface area is 171 Å². The highest BCUT2D eigenvalue weighted by atomic mass is 16.5. The minimum absolute atomic E-state index is 0.101. The smallest absolute Gasteiger partial charge is 0.251 e. The molecule has 2 amide bonds. The summed E-state index contributed by atoms with van der Waals surface area (Å²) in [5.74, 6) is 0.0935. The van der Waals surface area contributed by atoms with Crippen LogP contribution in [0.5, 0.6) is 0 Å². The third-order valence-electron chi connectivity index (χ3n) is 5.52. The minimum atomic E-state index is -0.101. The zero-order valence-electron chi connectivity index (χ0n) is 16.6. The van der Waals surface area contributed by atoms with Gasteiger partial charge in [0, 0.05) is 50.4 Å². The Kier molecular flexibility index (Phi) is 6.10. The average molecular weight is 393 g/mol. The molecule has 152 valence electrons. The van der Waals surface area contributed by atoms with Crippen LogP contribution in [0.2, 0.25) is 0 Å². The second-order valence-corrected chi connectivity index (χ2v) is 7.53. The summed E-state index contributed by atoms with van der Waals surface area (Å²) in [4.78, 5) is 28.7. The molecule has 0 aromatic heterocycles. The average Bonchev–Trinajstić information content (AvgIpc) is 3.17. The van der Waals surface area contributed by atoms with Crippen LogP contribution in [0.25, 0.3) is 0 Å². The van der Waals surface area contributed by atoms with Crippen molar-refractivity contribution in [3.8, 4) is 0 Å². The highest BCUT2D eigenvalue weighted by molar-refractivity contribution is 5.94. The second kappa shape index (κ2) is 9.09. The zero-order chi connectivity index (χ0) is 20.1. The molecule has 2 heterocycles. The molecule has 4 rings (SSSR count). The lowest BCUT2D eigenvalue weighted by Crippen LogP contribution is -2.37. The molecule has 0 radical (unpaired) electrons. The largest absolute Gasteiger partial charge is 0.378 e. The predicted molar refractivity (Wildman–Crippen MR) is 112 cm³/mol. The fourth-order valence-corrected chi connectivity index (χ4v) is 3.95. The number of nitrogens with one attached hydrogen (secondary N) is 1. The van der Waals surface area contributed by atoms with Gasteiger partial charge >= 0.3 is 0 Å². The summed E-state index contributed by atoms with van der Waals surface area (Å²) in [5, 5.41) is 3.05. The number of hydrogen-bond acceptors (Lipinski definition) is 4. The molecule has 0 bridgehead atoms. The van der Waals surface area contributed by atoms with Gasteiger partial charge in [0.25, 0.3) is 5.91 Å². The van der Waals surface area contributed by atoms with E-state index in [1.54, 1.807) is 0 Å². The number of para-hydroxylation sites is 1. The van der Waals surface area contributed by atoms with Crippen molar-refractivity contribution >= 4 is 17.5 Å². The molecule has 0 unspecified atom stereocenters. The van der Waals surface area contributed by atoms with Gasteiger partial charge in [-0.1, -0.05) is 30.3 Å². The maximum absolute atomic E-state index is 12.7. The van der Waals surface area contributed by atoms with Gasteiger partial charge in [-0.2, -0.15) is 0 Å².